The van der Waals surface area contributed by atoms with E-state index >= 15 is 0 Å². The molecule has 2 nitrogen and oxygen atoms in total. The Bertz CT molecular complexity index is 486. The molecular weight excluding hydrogens is 273 g/mol. The summed E-state index contributed by atoms with van der Waals surface area (Å²) in [4.78, 5) is 12.6. The summed E-state index contributed by atoms with van der Waals surface area (Å²) in [5.74, 6) is 0.866. The van der Waals surface area contributed by atoms with Gasteiger partial charge in [0, 0.05) is 6.54 Å². The van der Waals surface area contributed by atoms with Crippen molar-refractivity contribution in [2.75, 3.05) is 18.6 Å². The van der Waals surface area contributed by atoms with Crippen LogP contribution in [0.4, 0.5) is 4.39 Å². The van der Waals surface area contributed by atoms with Crippen molar-refractivity contribution in [2.24, 2.45) is 5.41 Å². The van der Waals surface area contributed by atoms with Crippen molar-refractivity contribution in [3.8, 4) is 0 Å². The van der Waals surface area contributed by atoms with Gasteiger partial charge in [0.05, 0.1) is 5.41 Å². The molecular formula is C16H22FNOS. The number of benzene rings is 1. The summed E-state index contributed by atoms with van der Waals surface area (Å²) < 4.78 is 13.1. The van der Waals surface area contributed by atoms with Crippen molar-refractivity contribution < 1.29 is 9.18 Å². The lowest BCUT2D eigenvalue weighted by Crippen LogP contribution is -2.38. The number of hydrogen-bond acceptors (Lipinski definition) is 2. The van der Waals surface area contributed by atoms with E-state index in [4.69, 9.17) is 0 Å². The summed E-state index contributed by atoms with van der Waals surface area (Å²) in [6.07, 6.45) is 3.86. The Morgan fingerprint density at radius 3 is 2.45 bits per heavy atom. The Morgan fingerprint density at radius 1 is 1.35 bits per heavy atom. The molecule has 0 heterocycles. The van der Waals surface area contributed by atoms with Crippen LogP contribution >= 0.6 is 11.8 Å². The van der Waals surface area contributed by atoms with Gasteiger partial charge in [-0.2, -0.15) is 11.8 Å². The predicted octanol–water partition coefficient (Wildman–Crippen LogP) is 3.36. The Balaban J connectivity index is 2.11. The molecule has 1 atom stereocenters. The van der Waals surface area contributed by atoms with E-state index in [-0.39, 0.29) is 17.1 Å². The van der Waals surface area contributed by atoms with E-state index in [1.807, 2.05) is 0 Å². The highest BCUT2D eigenvalue weighted by molar-refractivity contribution is 7.98. The fourth-order valence-electron chi connectivity index (χ4n) is 2.93. The number of rotatable bonds is 6. The molecule has 1 N–H and O–H groups in total. The van der Waals surface area contributed by atoms with E-state index in [1.165, 1.54) is 12.1 Å². The molecule has 1 saturated carbocycles. The van der Waals surface area contributed by atoms with Gasteiger partial charge in [0.2, 0.25) is 5.91 Å². The fourth-order valence-corrected chi connectivity index (χ4v) is 3.37. The van der Waals surface area contributed by atoms with Gasteiger partial charge in [0.1, 0.15) is 5.82 Å². The smallest absolute Gasteiger partial charge is 0.231 e. The third-order valence-electron chi connectivity index (χ3n) is 4.27. The summed E-state index contributed by atoms with van der Waals surface area (Å²) in [6, 6.07) is 6.36. The van der Waals surface area contributed by atoms with Crippen molar-refractivity contribution >= 4 is 17.7 Å². The van der Waals surface area contributed by atoms with Crippen molar-refractivity contribution in [1.29, 1.82) is 0 Å². The number of amides is 1. The lowest BCUT2D eigenvalue weighted by Gasteiger charge is -2.20. The van der Waals surface area contributed by atoms with Crippen LogP contribution in [0.5, 0.6) is 0 Å². The quantitative estimate of drug-likeness (QED) is 0.815. The molecule has 1 amide bonds. The van der Waals surface area contributed by atoms with Crippen molar-refractivity contribution in [3.05, 3.63) is 35.6 Å². The topological polar surface area (TPSA) is 29.1 Å². The van der Waals surface area contributed by atoms with Crippen LogP contribution in [0.15, 0.2) is 24.3 Å². The Labute approximate surface area is 124 Å². The number of thioether (sulfide) groups is 1. The van der Waals surface area contributed by atoms with Crippen LogP contribution in [0.3, 0.4) is 0 Å². The second-order valence-corrected chi connectivity index (χ2v) is 7.06. The van der Waals surface area contributed by atoms with Gasteiger partial charge < -0.3 is 5.32 Å². The van der Waals surface area contributed by atoms with E-state index < -0.39 is 5.41 Å². The SMILES string of the molecule is CSCCCNC(=O)C1(c2ccc(F)cc2)CC1(C)C. The van der Waals surface area contributed by atoms with Crippen LogP contribution in [-0.2, 0) is 10.2 Å². The average Bonchev–Trinajstić information content (AvgIpc) is 3.00. The average molecular weight is 295 g/mol. The van der Waals surface area contributed by atoms with E-state index in [2.05, 4.69) is 25.4 Å². The van der Waals surface area contributed by atoms with Crippen LogP contribution in [-0.4, -0.2) is 24.5 Å². The zero-order valence-electron chi connectivity index (χ0n) is 12.3. The van der Waals surface area contributed by atoms with Gasteiger partial charge in [-0.15, -0.1) is 0 Å². The number of hydrogen-bond donors (Lipinski definition) is 1. The first-order chi connectivity index (χ1) is 9.44. The second-order valence-electron chi connectivity index (χ2n) is 6.08. The maximum Gasteiger partial charge on any atom is 0.231 e. The molecule has 0 spiro atoms. The van der Waals surface area contributed by atoms with Gasteiger partial charge in [-0.05, 0) is 48.0 Å². The molecule has 2 rings (SSSR count). The van der Waals surface area contributed by atoms with Gasteiger partial charge in [0.25, 0.3) is 0 Å². The molecule has 1 aromatic rings. The molecule has 0 radical (unpaired) electrons. The van der Waals surface area contributed by atoms with Crippen molar-refractivity contribution in [2.45, 2.75) is 32.1 Å². The zero-order chi connectivity index (χ0) is 14.8. The van der Waals surface area contributed by atoms with Crippen LogP contribution in [0, 0.1) is 11.2 Å². The first-order valence-electron chi connectivity index (χ1n) is 6.97. The van der Waals surface area contributed by atoms with E-state index in [0.717, 1.165) is 24.2 Å². The van der Waals surface area contributed by atoms with Crippen LogP contribution in [0.2, 0.25) is 0 Å². The lowest BCUT2D eigenvalue weighted by molar-refractivity contribution is -0.124. The lowest BCUT2D eigenvalue weighted by atomic mass is 9.87. The Hall–Kier alpha value is -1.03. The van der Waals surface area contributed by atoms with Crippen LogP contribution < -0.4 is 5.32 Å². The van der Waals surface area contributed by atoms with Gasteiger partial charge in [0.15, 0.2) is 0 Å². The van der Waals surface area contributed by atoms with E-state index in [0.29, 0.717) is 6.54 Å². The molecule has 4 heteroatoms. The standard InChI is InChI=1S/C16H22FNOS/c1-15(2)11-16(15,12-5-7-13(17)8-6-12)14(19)18-9-4-10-20-3/h5-8H,4,9-11H2,1-3H3,(H,18,19). The summed E-state index contributed by atoms with van der Waals surface area (Å²) in [5, 5.41) is 3.04. The minimum absolute atomic E-state index is 0.0611. The third kappa shape index (κ3) is 2.71. The number of halogens is 1. The highest BCUT2D eigenvalue weighted by atomic mass is 32.2. The maximum absolute atomic E-state index is 13.1. The van der Waals surface area contributed by atoms with Crippen molar-refractivity contribution in [1.82, 2.24) is 5.32 Å². The molecule has 1 fully saturated rings. The highest BCUT2D eigenvalue weighted by Crippen LogP contribution is 2.64. The Kier molecular flexibility index (Phi) is 4.43. The summed E-state index contributed by atoms with van der Waals surface area (Å²) in [5.41, 5.74) is 0.375. The first kappa shape index (κ1) is 15.4. The molecule has 0 aromatic heterocycles. The molecule has 1 unspecified atom stereocenters. The zero-order valence-corrected chi connectivity index (χ0v) is 13.1. The molecule has 1 aromatic carbocycles. The minimum Gasteiger partial charge on any atom is -0.355 e. The molecule has 1 aliphatic rings. The molecule has 20 heavy (non-hydrogen) atoms. The van der Waals surface area contributed by atoms with E-state index in [1.54, 1.807) is 23.9 Å². The van der Waals surface area contributed by atoms with Gasteiger partial charge >= 0.3 is 0 Å². The highest BCUT2D eigenvalue weighted by Gasteiger charge is 2.66. The largest absolute Gasteiger partial charge is 0.355 e. The molecule has 110 valence electrons. The Morgan fingerprint density at radius 2 is 1.95 bits per heavy atom. The summed E-state index contributed by atoms with van der Waals surface area (Å²) in [6.45, 7) is 4.90. The normalized spacial score (nSPS) is 23.4. The van der Waals surface area contributed by atoms with Gasteiger partial charge in [-0.1, -0.05) is 26.0 Å². The monoisotopic (exact) mass is 295 g/mol. The van der Waals surface area contributed by atoms with Gasteiger partial charge in [-0.3, -0.25) is 4.79 Å². The fraction of sp³-hybridized carbons (Fsp3) is 0.562. The summed E-state index contributed by atoms with van der Waals surface area (Å²) in [7, 11) is 0. The van der Waals surface area contributed by atoms with Crippen LogP contribution in [0.1, 0.15) is 32.3 Å². The van der Waals surface area contributed by atoms with E-state index in [9.17, 15) is 9.18 Å². The first-order valence-corrected chi connectivity index (χ1v) is 8.37. The maximum atomic E-state index is 13.1. The summed E-state index contributed by atoms with van der Waals surface area (Å²) >= 11 is 1.78. The van der Waals surface area contributed by atoms with Gasteiger partial charge in [-0.25, -0.2) is 4.39 Å². The third-order valence-corrected chi connectivity index (χ3v) is 4.97. The van der Waals surface area contributed by atoms with Crippen molar-refractivity contribution in [3.63, 3.8) is 0 Å². The number of carbonyl (C=O) groups excluding carboxylic acids is 1. The molecule has 0 aliphatic heterocycles. The second kappa shape index (κ2) is 5.76. The number of carbonyl (C=O) groups is 1. The molecule has 0 bridgehead atoms. The number of nitrogens with one attached hydrogen (secondary N) is 1. The van der Waals surface area contributed by atoms with Crippen LogP contribution in [0.25, 0.3) is 0 Å². The minimum atomic E-state index is -0.486. The molecule has 0 saturated heterocycles. The molecule has 1 aliphatic carbocycles. The predicted molar refractivity (Wildman–Crippen MR) is 82.5 cm³/mol.